The van der Waals surface area contributed by atoms with Gasteiger partial charge in [-0.15, -0.1) is 0 Å². The predicted molar refractivity (Wildman–Crippen MR) is 119 cm³/mol. The summed E-state index contributed by atoms with van der Waals surface area (Å²) in [5, 5.41) is 2.68. The number of fused-ring (bicyclic) bond motifs is 1. The summed E-state index contributed by atoms with van der Waals surface area (Å²) in [5.74, 6) is 0.368. The third kappa shape index (κ3) is 4.07. The third-order valence-electron chi connectivity index (χ3n) is 6.40. The number of hydrogen-bond acceptors (Lipinski definition) is 9. The molecule has 2 aromatic heterocycles. The second-order valence-electron chi connectivity index (χ2n) is 8.51. The van der Waals surface area contributed by atoms with Crippen LogP contribution in [-0.4, -0.2) is 45.2 Å². The summed E-state index contributed by atoms with van der Waals surface area (Å²) in [6.45, 7) is 1.77. The zero-order chi connectivity index (χ0) is 23.2. The molecule has 33 heavy (non-hydrogen) atoms. The molecule has 0 aliphatic heterocycles. The van der Waals surface area contributed by atoms with Crippen molar-refractivity contribution in [2.24, 2.45) is 11.3 Å². The van der Waals surface area contributed by atoms with Gasteiger partial charge in [0.15, 0.2) is 11.5 Å². The van der Waals surface area contributed by atoms with Crippen molar-refractivity contribution in [2.75, 3.05) is 19.5 Å². The molecule has 11 nitrogen and oxygen atoms in total. The number of aromatic nitrogens is 4. The van der Waals surface area contributed by atoms with Gasteiger partial charge in [0.2, 0.25) is 0 Å². The average Bonchev–Trinajstić information content (AvgIpc) is 3.65. The molecular weight excluding hydrogens is 447 g/mol. The first-order chi connectivity index (χ1) is 15.8. The summed E-state index contributed by atoms with van der Waals surface area (Å²) >= 11 is 0. The van der Waals surface area contributed by atoms with E-state index in [1.165, 1.54) is 13.4 Å². The van der Waals surface area contributed by atoms with Gasteiger partial charge in [0, 0.05) is 6.04 Å². The normalized spacial score (nSPS) is 26.0. The lowest BCUT2D eigenvalue weighted by molar-refractivity contribution is -0.142. The number of nitrogens with zero attached hydrogens (tertiary/aromatic N) is 4. The standard InChI is InChI=1S/C21H25N6O5P/c1-13(20(28)30-2)26-33(29,32-15-6-4-3-5-7-15)31-10-14-8-21(14)9-16(21)27-12-25-17-18(22)23-11-24-19(17)27/h3-7,11-14,16H,8-10H2,1-2H3,(H,26,29)(H2,22,23,24)/t13-,14-,16-,21-,33?/m0/s1. The lowest BCUT2D eigenvalue weighted by Crippen LogP contribution is -2.34. The summed E-state index contributed by atoms with van der Waals surface area (Å²) in [6.07, 6.45) is 5.06. The van der Waals surface area contributed by atoms with E-state index in [0.717, 1.165) is 12.8 Å². The van der Waals surface area contributed by atoms with Gasteiger partial charge in [-0.05, 0) is 43.2 Å². The first-order valence-electron chi connectivity index (χ1n) is 10.6. The zero-order valence-electron chi connectivity index (χ0n) is 18.2. The Hall–Kier alpha value is -3.01. The van der Waals surface area contributed by atoms with Gasteiger partial charge in [-0.2, -0.15) is 5.09 Å². The number of methoxy groups -OCH3 is 1. The molecule has 0 bridgehead atoms. The number of benzene rings is 1. The number of carbonyl (C=O) groups is 1. The van der Waals surface area contributed by atoms with Crippen LogP contribution < -0.4 is 15.3 Å². The minimum Gasteiger partial charge on any atom is -0.468 e. The molecule has 0 amide bonds. The molecule has 2 aliphatic rings. The Morgan fingerprint density at radius 3 is 2.85 bits per heavy atom. The van der Waals surface area contributed by atoms with Crippen LogP contribution in [0.1, 0.15) is 25.8 Å². The number of esters is 1. The van der Waals surface area contributed by atoms with Crippen molar-refractivity contribution in [3.8, 4) is 5.75 Å². The molecule has 12 heteroatoms. The van der Waals surface area contributed by atoms with Crippen LogP contribution in [0.25, 0.3) is 11.2 Å². The number of imidazole rings is 1. The predicted octanol–water partition coefficient (Wildman–Crippen LogP) is 2.71. The Morgan fingerprint density at radius 1 is 1.30 bits per heavy atom. The summed E-state index contributed by atoms with van der Waals surface area (Å²) in [7, 11) is -2.57. The number of ether oxygens (including phenoxy) is 1. The fraction of sp³-hybridized carbons (Fsp3) is 0.429. The first kappa shape index (κ1) is 21.8. The maximum Gasteiger partial charge on any atom is 0.459 e. The van der Waals surface area contributed by atoms with E-state index >= 15 is 0 Å². The van der Waals surface area contributed by atoms with Crippen molar-refractivity contribution in [1.82, 2.24) is 24.6 Å². The molecule has 0 radical (unpaired) electrons. The molecule has 5 atom stereocenters. The van der Waals surface area contributed by atoms with Gasteiger partial charge in [-0.1, -0.05) is 18.2 Å². The molecule has 1 unspecified atom stereocenters. The average molecular weight is 472 g/mol. The lowest BCUT2D eigenvalue weighted by atomic mass is 10.3. The molecule has 2 aliphatic carbocycles. The Labute approximate surface area is 190 Å². The molecule has 174 valence electrons. The fourth-order valence-corrected chi connectivity index (χ4v) is 5.96. The second-order valence-corrected chi connectivity index (χ2v) is 10.2. The molecule has 1 aromatic carbocycles. The van der Waals surface area contributed by atoms with E-state index in [1.807, 2.05) is 10.6 Å². The number of anilines is 1. The first-order valence-corrected chi connectivity index (χ1v) is 12.2. The van der Waals surface area contributed by atoms with Crippen LogP contribution in [0.15, 0.2) is 43.0 Å². The van der Waals surface area contributed by atoms with E-state index in [-0.39, 0.29) is 24.0 Å². The van der Waals surface area contributed by atoms with Crippen molar-refractivity contribution in [3.05, 3.63) is 43.0 Å². The Balaban J connectivity index is 1.27. The highest BCUT2D eigenvalue weighted by Crippen LogP contribution is 2.77. The molecule has 3 aromatic rings. The summed E-state index contributed by atoms with van der Waals surface area (Å²) in [6, 6.07) is 8.06. The summed E-state index contributed by atoms with van der Waals surface area (Å²) < 4.78 is 31.7. The SMILES string of the molecule is COC(=O)[C@H](C)NP(=O)(OC[C@@H]1C[C@]12C[C@@H]2n1cnc2c(N)ncnc21)Oc1ccccc1. The van der Waals surface area contributed by atoms with Crippen molar-refractivity contribution in [3.63, 3.8) is 0 Å². The molecule has 2 fully saturated rings. The van der Waals surface area contributed by atoms with Crippen molar-refractivity contribution < 1.29 is 23.1 Å². The molecule has 0 saturated heterocycles. The van der Waals surface area contributed by atoms with Crippen LogP contribution in [0.4, 0.5) is 5.82 Å². The maximum atomic E-state index is 13.5. The fourth-order valence-electron chi connectivity index (χ4n) is 4.42. The number of rotatable bonds is 9. The van der Waals surface area contributed by atoms with Crippen LogP contribution in [0.3, 0.4) is 0 Å². The van der Waals surface area contributed by atoms with Gasteiger partial charge >= 0.3 is 13.7 Å². The number of carbonyl (C=O) groups excluding carboxylic acids is 1. The monoisotopic (exact) mass is 472 g/mol. The minimum absolute atomic E-state index is 0.0544. The largest absolute Gasteiger partial charge is 0.468 e. The Morgan fingerprint density at radius 2 is 2.09 bits per heavy atom. The molecule has 1 spiro atoms. The summed E-state index contributed by atoms with van der Waals surface area (Å²) in [5.41, 5.74) is 7.26. The molecule has 2 saturated carbocycles. The highest BCUT2D eigenvalue weighted by molar-refractivity contribution is 7.52. The van der Waals surface area contributed by atoms with E-state index in [9.17, 15) is 9.36 Å². The number of nitrogens with one attached hydrogen (secondary N) is 1. The van der Waals surface area contributed by atoms with E-state index in [0.29, 0.717) is 22.7 Å². The van der Waals surface area contributed by atoms with Gasteiger partial charge in [-0.25, -0.2) is 19.5 Å². The van der Waals surface area contributed by atoms with E-state index in [2.05, 4.69) is 20.0 Å². The highest BCUT2D eigenvalue weighted by Gasteiger charge is 2.71. The van der Waals surface area contributed by atoms with Gasteiger partial charge in [0.1, 0.15) is 23.6 Å². The third-order valence-corrected chi connectivity index (χ3v) is 8.04. The van der Waals surface area contributed by atoms with Crippen LogP contribution in [-0.2, 0) is 18.6 Å². The van der Waals surface area contributed by atoms with Crippen LogP contribution >= 0.6 is 7.75 Å². The van der Waals surface area contributed by atoms with Crippen molar-refractivity contribution in [2.45, 2.75) is 31.8 Å². The molecule has 3 N–H and O–H groups in total. The van der Waals surface area contributed by atoms with Crippen molar-refractivity contribution >= 4 is 30.7 Å². The summed E-state index contributed by atoms with van der Waals surface area (Å²) in [4.78, 5) is 24.5. The number of hydrogen-bond donors (Lipinski definition) is 2. The van der Waals surface area contributed by atoms with E-state index in [1.54, 1.807) is 37.5 Å². The van der Waals surface area contributed by atoms with Gasteiger partial charge < -0.3 is 19.6 Å². The van der Waals surface area contributed by atoms with E-state index in [4.69, 9.17) is 19.5 Å². The van der Waals surface area contributed by atoms with Crippen LogP contribution in [0.2, 0.25) is 0 Å². The van der Waals surface area contributed by atoms with Crippen LogP contribution in [0, 0.1) is 11.3 Å². The number of nitrogens with two attached hydrogens (primary N) is 1. The van der Waals surface area contributed by atoms with Gasteiger partial charge in [0.25, 0.3) is 0 Å². The molecular formula is C21H25N6O5P. The topological polar surface area (TPSA) is 143 Å². The number of nitrogen functional groups attached to an aromatic ring is 1. The second kappa shape index (κ2) is 8.09. The molecule has 2 heterocycles. The van der Waals surface area contributed by atoms with Gasteiger partial charge in [-0.3, -0.25) is 9.32 Å². The van der Waals surface area contributed by atoms with Crippen molar-refractivity contribution in [1.29, 1.82) is 0 Å². The smallest absolute Gasteiger partial charge is 0.459 e. The zero-order valence-corrected chi connectivity index (χ0v) is 19.1. The number of para-hydroxylation sites is 1. The minimum atomic E-state index is -3.84. The quantitative estimate of drug-likeness (QED) is 0.352. The van der Waals surface area contributed by atoms with Crippen LogP contribution in [0.5, 0.6) is 5.75 Å². The Kier molecular flexibility index (Phi) is 5.35. The molecule has 5 rings (SSSR count). The maximum absolute atomic E-state index is 13.5. The van der Waals surface area contributed by atoms with E-state index < -0.39 is 19.8 Å². The lowest BCUT2D eigenvalue weighted by Gasteiger charge is -2.22. The van der Waals surface area contributed by atoms with Gasteiger partial charge in [0.05, 0.1) is 20.0 Å². The Bertz CT molecular complexity index is 1240. The highest BCUT2D eigenvalue weighted by atomic mass is 31.2.